The normalized spacial score (nSPS) is 11.8. The molecule has 0 unspecified atom stereocenters. The lowest BCUT2D eigenvalue weighted by atomic mass is 10.2. The highest BCUT2D eigenvalue weighted by Gasteiger charge is 2.11. The number of hydrogen-bond donors (Lipinski definition) is 4. The van der Waals surface area contributed by atoms with Crippen molar-refractivity contribution in [3.63, 3.8) is 0 Å². The highest BCUT2D eigenvalue weighted by atomic mass is 32.2. The van der Waals surface area contributed by atoms with Crippen LogP contribution in [0.25, 0.3) is 4.91 Å². The Morgan fingerprint density at radius 3 is 2.88 bits per heavy atom. The highest BCUT2D eigenvalue weighted by molar-refractivity contribution is 8.08. The van der Waals surface area contributed by atoms with Crippen LogP contribution in [0.1, 0.15) is 25.1 Å². The van der Waals surface area contributed by atoms with Crippen LogP contribution < -0.4 is 16.4 Å². The zero-order valence-corrected chi connectivity index (χ0v) is 15.1. The number of carbonyl (C=O) groups is 1. The number of nitrogens with zero attached hydrogens (tertiary/aromatic N) is 1. The lowest BCUT2D eigenvalue weighted by Gasteiger charge is -2.07. The Morgan fingerprint density at radius 1 is 1.42 bits per heavy atom. The number of rotatable bonds is 7. The molecule has 1 aromatic heterocycles. The van der Waals surface area contributed by atoms with Crippen LogP contribution in [-0.2, 0) is 11.4 Å². The molecule has 0 saturated carbocycles. The van der Waals surface area contributed by atoms with Crippen molar-refractivity contribution in [2.45, 2.75) is 20.5 Å². The van der Waals surface area contributed by atoms with Crippen molar-refractivity contribution in [3.8, 4) is 0 Å². The predicted octanol–water partition coefficient (Wildman–Crippen LogP) is 2.85. The fourth-order valence-corrected chi connectivity index (χ4v) is 3.60. The Kier molecular flexibility index (Phi) is 6.65. The molecule has 0 aliphatic heterocycles. The zero-order valence-electron chi connectivity index (χ0n) is 13.5. The minimum absolute atomic E-state index is 0.00230. The molecule has 0 bridgehead atoms. The molecule has 0 radical (unpaired) electrons. The second kappa shape index (κ2) is 8.72. The third-order valence-electron chi connectivity index (χ3n) is 2.99. The monoisotopic (exact) mass is 364 g/mol. The summed E-state index contributed by atoms with van der Waals surface area (Å²) in [4.78, 5) is 16.4. The third-order valence-corrected chi connectivity index (χ3v) is 4.86. The molecule has 0 saturated heterocycles. The van der Waals surface area contributed by atoms with E-state index in [-0.39, 0.29) is 12.5 Å². The molecule has 2 rings (SSSR count). The van der Waals surface area contributed by atoms with E-state index in [2.05, 4.69) is 15.6 Å². The first kappa shape index (κ1) is 18.3. The van der Waals surface area contributed by atoms with Crippen LogP contribution in [-0.4, -0.2) is 21.9 Å². The van der Waals surface area contributed by atoms with Crippen molar-refractivity contribution >= 4 is 44.7 Å². The summed E-state index contributed by atoms with van der Waals surface area (Å²) in [5, 5.41) is 17.8. The van der Waals surface area contributed by atoms with Crippen molar-refractivity contribution in [1.82, 2.24) is 10.3 Å². The molecular weight excluding hydrogens is 344 g/mol. The van der Waals surface area contributed by atoms with Crippen molar-refractivity contribution in [2.75, 3.05) is 11.2 Å². The summed E-state index contributed by atoms with van der Waals surface area (Å²) in [6.45, 7) is 3.29. The Hall–Kier alpha value is -2.03. The van der Waals surface area contributed by atoms with Crippen LogP contribution in [0.2, 0.25) is 0 Å². The van der Waals surface area contributed by atoms with Gasteiger partial charge in [-0.25, -0.2) is 4.98 Å². The maximum Gasteiger partial charge on any atom is 0.217 e. The average Bonchev–Trinajstić information content (AvgIpc) is 2.99. The van der Waals surface area contributed by atoms with E-state index in [1.807, 2.05) is 36.6 Å². The summed E-state index contributed by atoms with van der Waals surface area (Å²) in [5.74, 6) is 0.360. The summed E-state index contributed by atoms with van der Waals surface area (Å²) in [7, 11) is 0. The number of allylic oxidation sites excluding steroid dienone is 1. The third kappa shape index (κ3) is 5.26. The van der Waals surface area contributed by atoms with Gasteiger partial charge in [0.1, 0.15) is 0 Å². The summed E-state index contributed by atoms with van der Waals surface area (Å²) in [6, 6.07) is 7.52. The van der Waals surface area contributed by atoms with Crippen LogP contribution in [0.5, 0.6) is 0 Å². The van der Waals surface area contributed by atoms with E-state index in [1.165, 1.54) is 30.0 Å². The molecule has 1 amide bonds. The Balaban J connectivity index is 2.09. The second-order valence-electron chi connectivity index (χ2n) is 5.06. The van der Waals surface area contributed by atoms with Gasteiger partial charge in [-0.2, -0.15) is 0 Å². The van der Waals surface area contributed by atoms with E-state index in [1.54, 1.807) is 0 Å². The maximum absolute atomic E-state index is 11.0. The molecule has 128 valence electrons. The van der Waals surface area contributed by atoms with Gasteiger partial charge >= 0.3 is 0 Å². The smallest absolute Gasteiger partial charge is 0.217 e. The SMILES string of the molecule is CC(=O)NCS/C(=C(/C)N)c1csc(Nc2cccc(CO)c2)n1. The summed E-state index contributed by atoms with van der Waals surface area (Å²) in [5.41, 5.74) is 9.08. The van der Waals surface area contributed by atoms with Crippen LogP contribution in [0.15, 0.2) is 35.3 Å². The van der Waals surface area contributed by atoms with E-state index >= 15 is 0 Å². The fraction of sp³-hybridized carbons (Fsp3) is 0.250. The van der Waals surface area contributed by atoms with Crippen LogP contribution in [0.4, 0.5) is 10.8 Å². The van der Waals surface area contributed by atoms with Crippen molar-refractivity contribution in [1.29, 1.82) is 0 Å². The van der Waals surface area contributed by atoms with E-state index < -0.39 is 0 Å². The van der Waals surface area contributed by atoms with Gasteiger partial charge < -0.3 is 21.5 Å². The van der Waals surface area contributed by atoms with Gasteiger partial charge in [-0.1, -0.05) is 12.1 Å². The first-order valence-electron chi connectivity index (χ1n) is 7.26. The highest BCUT2D eigenvalue weighted by Crippen LogP contribution is 2.32. The molecule has 1 aromatic carbocycles. The predicted molar refractivity (Wildman–Crippen MR) is 101 cm³/mol. The number of hydrogen-bond acceptors (Lipinski definition) is 7. The molecule has 0 aliphatic carbocycles. The Labute approximate surface area is 149 Å². The standard InChI is InChI=1S/C16H20N4O2S2/c1-10(17)15(24-9-18-11(2)22)14-8-23-16(20-14)19-13-5-3-4-12(6-13)7-21/h3-6,8,21H,7,9,17H2,1-2H3,(H,18,22)(H,19,20)/b15-10-. The van der Waals surface area contributed by atoms with Crippen LogP contribution in [0.3, 0.4) is 0 Å². The second-order valence-corrected chi connectivity index (χ2v) is 6.90. The molecule has 5 N–H and O–H groups in total. The van der Waals surface area contributed by atoms with Gasteiger partial charge in [0.25, 0.3) is 0 Å². The number of nitrogens with one attached hydrogen (secondary N) is 2. The number of thiazole rings is 1. The molecule has 0 atom stereocenters. The largest absolute Gasteiger partial charge is 0.401 e. The number of thioether (sulfide) groups is 1. The van der Waals surface area contributed by atoms with Gasteiger partial charge in [-0.15, -0.1) is 23.1 Å². The van der Waals surface area contributed by atoms with E-state index in [0.29, 0.717) is 11.6 Å². The van der Waals surface area contributed by atoms with Gasteiger partial charge in [0.15, 0.2) is 5.13 Å². The lowest BCUT2D eigenvalue weighted by Crippen LogP contribution is -2.18. The van der Waals surface area contributed by atoms with Gasteiger partial charge in [-0.05, 0) is 24.6 Å². The number of aliphatic hydroxyl groups excluding tert-OH is 1. The molecule has 0 aliphatic rings. The Morgan fingerprint density at radius 2 is 2.21 bits per heavy atom. The van der Waals surface area contributed by atoms with Gasteiger partial charge in [-0.3, -0.25) is 4.79 Å². The van der Waals surface area contributed by atoms with E-state index in [9.17, 15) is 9.90 Å². The molecular formula is C16H20N4O2S2. The van der Waals surface area contributed by atoms with Crippen molar-refractivity contribution < 1.29 is 9.90 Å². The number of amides is 1. The first-order valence-corrected chi connectivity index (χ1v) is 9.12. The molecule has 1 heterocycles. The van der Waals surface area contributed by atoms with Crippen LogP contribution in [0, 0.1) is 0 Å². The molecule has 24 heavy (non-hydrogen) atoms. The zero-order chi connectivity index (χ0) is 17.5. The van der Waals surface area contributed by atoms with Crippen molar-refractivity contribution in [2.24, 2.45) is 5.73 Å². The number of aliphatic hydroxyl groups is 1. The van der Waals surface area contributed by atoms with Crippen LogP contribution >= 0.6 is 23.1 Å². The van der Waals surface area contributed by atoms with E-state index in [0.717, 1.165) is 27.0 Å². The minimum atomic E-state index is -0.0825. The number of benzene rings is 1. The van der Waals surface area contributed by atoms with Crippen molar-refractivity contribution in [3.05, 3.63) is 46.6 Å². The number of nitrogens with two attached hydrogens (primary N) is 1. The minimum Gasteiger partial charge on any atom is -0.401 e. The van der Waals surface area contributed by atoms with Gasteiger partial charge in [0.2, 0.25) is 5.91 Å². The number of aromatic nitrogens is 1. The molecule has 8 heteroatoms. The number of carbonyl (C=O) groups excluding carboxylic acids is 1. The first-order chi connectivity index (χ1) is 11.5. The average molecular weight is 364 g/mol. The summed E-state index contributed by atoms with van der Waals surface area (Å²) in [6.07, 6.45) is 0. The molecule has 2 aromatic rings. The lowest BCUT2D eigenvalue weighted by molar-refractivity contribution is -0.118. The quantitative estimate of drug-likeness (QED) is 0.564. The topological polar surface area (TPSA) is 100 Å². The van der Waals surface area contributed by atoms with Gasteiger partial charge in [0, 0.05) is 23.7 Å². The van der Waals surface area contributed by atoms with E-state index in [4.69, 9.17) is 5.73 Å². The summed E-state index contributed by atoms with van der Waals surface area (Å²) >= 11 is 2.91. The Bertz CT molecular complexity index is 739. The van der Waals surface area contributed by atoms with Gasteiger partial charge in [0.05, 0.1) is 23.1 Å². The molecule has 0 fully saturated rings. The molecule has 0 spiro atoms. The molecule has 6 nitrogen and oxygen atoms in total. The maximum atomic E-state index is 11.0. The summed E-state index contributed by atoms with van der Waals surface area (Å²) < 4.78 is 0. The fourth-order valence-electron chi connectivity index (χ4n) is 1.91. The number of anilines is 2.